The number of aliphatic hydroxyl groups is 1. The smallest absolute Gasteiger partial charge is 0.137 e. The molecule has 0 fully saturated rings. The minimum atomic E-state index is -1.70. The van der Waals surface area contributed by atoms with Gasteiger partial charge in [-0.2, -0.15) is 10.2 Å². The van der Waals surface area contributed by atoms with E-state index in [0.29, 0.717) is 6.04 Å². The molecule has 0 aliphatic carbocycles. The van der Waals surface area contributed by atoms with Crippen molar-refractivity contribution in [3.63, 3.8) is 0 Å². The van der Waals surface area contributed by atoms with Crippen LogP contribution in [-0.4, -0.2) is 59.3 Å². The lowest BCUT2D eigenvalue weighted by atomic mass is 9.93. The van der Waals surface area contributed by atoms with E-state index >= 15 is 0 Å². The largest absolute Gasteiger partial charge is 0.497 e. The third-order valence-corrected chi connectivity index (χ3v) is 6.37. The molecule has 1 unspecified atom stereocenters. The summed E-state index contributed by atoms with van der Waals surface area (Å²) in [7, 11) is 1.68. The van der Waals surface area contributed by atoms with E-state index in [-0.39, 0.29) is 18.7 Å². The zero-order chi connectivity index (χ0) is 29.2. The van der Waals surface area contributed by atoms with Crippen molar-refractivity contribution in [2.45, 2.75) is 44.5 Å². The number of halogens is 2. The van der Waals surface area contributed by atoms with E-state index in [9.17, 15) is 13.9 Å². The molecule has 0 saturated heterocycles. The molecule has 0 aliphatic rings. The van der Waals surface area contributed by atoms with Crippen LogP contribution in [0, 0.1) is 11.6 Å². The number of hydrogen-bond donors (Lipinski definition) is 3. The van der Waals surface area contributed by atoms with E-state index in [1.165, 1.54) is 40.7 Å². The van der Waals surface area contributed by atoms with Crippen LogP contribution in [0.1, 0.15) is 25.3 Å². The highest BCUT2D eigenvalue weighted by Gasteiger charge is 2.34. The number of nitrogens with zero attached hydrogens (tertiary/aromatic N) is 7. The van der Waals surface area contributed by atoms with E-state index in [1.54, 1.807) is 7.11 Å². The molecule has 3 heterocycles. The lowest BCUT2D eigenvalue weighted by molar-refractivity contribution is -0.00856. The first-order chi connectivity index (χ1) is 19.8. The summed E-state index contributed by atoms with van der Waals surface area (Å²) in [5, 5.41) is 23.3. The molecule has 216 valence electrons. The van der Waals surface area contributed by atoms with Crippen LogP contribution in [0.2, 0.25) is 0 Å². The number of aromatic nitrogens is 7. The first-order valence-electron chi connectivity index (χ1n) is 13.0. The van der Waals surface area contributed by atoms with Gasteiger partial charge in [-0.25, -0.2) is 28.1 Å². The topological polar surface area (TPSA) is 142 Å². The summed E-state index contributed by atoms with van der Waals surface area (Å²) in [5.41, 5.74) is 5.78. The lowest BCUT2D eigenvalue weighted by Gasteiger charge is -2.28. The Hall–Kier alpha value is -4.49. The molecule has 0 amide bonds. The van der Waals surface area contributed by atoms with Gasteiger partial charge in [0.15, 0.2) is 0 Å². The molecular weight excluding hydrogens is 532 g/mol. The van der Waals surface area contributed by atoms with Gasteiger partial charge in [0.2, 0.25) is 0 Å². The highest BCUT2D eigenvalue weighted by molar-refractivity contribution is 5.91. The van der Waals surface area contributed by atoms with E-state index in [2.05, 4.69) is 37.4 Å². The van der Waals surface area contributed by atoms with Crippen molar-refractivity contribution in [2.24, 2.45) is 5.73 Å². The second kappa shape index (κ2) is 13.7. The van der Waals surface area contributed by atoms with Gasteiger partial charge in [0.1, 0.15) is 48.3 Å². The Morgan fingerprint density at radius 3 is 2.34 bits per heavy atom. The van der Waals surface area contributed by atoms with Gasteiger partial charge >= 0.3 is 0 Å². The number of ether oxygens (including phenoxy) is 1. The van der Waals surface area contributed by atoms with Gasteiger partial charge in [-0.15, -0.1) is 0 Å². The Labute approximate surface area is 236 Å². The van der Waals surface area contributed by atoms with Crippen molar-refractivity contribution in [3.8, 4) is 5.75 Å². The number of methoxy groups -OCH3 is 1. The molecular formula is C28H33F2N9O2. The molecule has 2 aromatic carbocycles. The van der Waals surface area contributed by atoms with E-state index in [0.717, 1.165) is 53.9 Å². The van der Waals surface area contributed by atoms with Crippen molar-refractivity contribution in [3.05, 3.63) is 91.2 Å². The van der Waals surface area contributed by atoms with Crippen LogP contribution in [0.15, 0.2) is 74.0 Å². The Morgan fingerprint density at radius 1 is 1.05 bits per heavy atom. The molecule has 11 nitrogen and oxygen atoms in total. The number of benzene rings is 2. The molecule has 0 spiro atoms. The molecule has 13 heteroatoms. The Balaban J connectivity index is 0.000000191. The molecule has 0 aliphatic heterocycles. The highest BCUT2D eigenvalue weighted by atomic mass is 19.1. The Kier molecular flexibility index (Phi) is 9.87. The number of anilines is 1. The Bertz CT molecular complexity index is 1480. The second-order valence-electron chi connectivity index (χ2n) is 9.57. The Morgan fingerprint density at radius 2 is 1.76 bits per heavy atom. The van der Waals surface area contributed by atoms with Gasteiger partial charge in [0.25, 0.3) is 0 Å². The summed E-state index contributed by atoms with van der Waals surface area (Å²) in [6.45, 7) is 2.73. The fourth-order valence-corrected chi connectivity index (χ4v) is 4.41. The normalized spacial score (nSPS) is 12.0. The summed E-state index contributed by atoms with van der Waals surface area (Å²) in [5.74, 6) is -0.720. The van der Waals surface area contributed by atoms with Crippen molar-refractivity contribution in [1.29, 1.82) is 0 Å². The fraction of sp³-hybridized carbons (Fsp3) is 0.321. The second-order valence-corrected chi connectivity index (χ2v) is 9.57. The number of rotatable bonds is 11. The molecule has 0 radical (unpaired) electrons. The minimum Gasteiger partial charge on any atom is -0.497 e. The molecule has 5 aromatic rings. The molecule has 0 saturated carbocycles. The van der Waals surface area contributed by atoms with Gasteiger partial charge in [-0.1, -0.05) is 12.1 Å². The van der Waals surface area contributed by atoms with Crippen LogP contribution < -0.4 is 15.8 Å². The van der Waals surface area contributed by atoms with Crippen LogP contribution in [-0.2, 0) is 18.7 Å². The maximum atomic E-state index is 14.1. The van der Waals surface area contributed by atoms with E-state index in [1.807, 2.05) is 30.5 Å². The summed E-state index contributed by atoms with van der Waals surface area (Å²) in [4.78, 5) is 12.0. The number of pyridine rings is 1. The molecule has 5 rings (SSSR count). The van der Waals surface area contributed by atoms with Crippen LogP contribution in [0.4, 0.5) is 14.5 Å². The maximum Gasteiger partial charge on any atom is 0.137 e. The quantitative estimate of drug-likeness (QED) is 0.219. The number of fused-ring (bicyclic) bond motifs is 1. The van der Waals surface area contributed by atoms with Gasteiger partial charge in [-0.3, -0.25) is 4.98 Å². The van der Waals surface area contributed by atoms with Crippen molar-refractivity contribution >= 4 is 16.6 Å². The number of nitrogens with two attached hydrogens (primary N) is 1. The molecule has 0 bridgehead atoms. The van der Waals surface area contributed by atoms with Crippen molar-refractivity contribution in [2.75, 3.05) is 19.0 Å². The first-order valence-corrected chi connectivity index (χ1v) is 13.0. The molecule has 4 N–H and O–H groups in total. The lowest BCUT2D eigenvalue weighted by Crippen LogP contribution is -2.37. The third-order valence-electron chi connectivity index (χ3n) is 6.37. The number of nitrogens with one attached hydrogen (secondary N) is 1. The van der Waals surface area contributed by atoms with Crippen LogP contribution in [0.3, 0.4) is 0 Å². The van der Waals surface area contributed by atoms with Crippen LogP contribution >= 0.6 is 0 Å². The van der Waals surface area contributed by atoms with E-state index < -0.39 is 17.2 Å². The maximum absolute atomic E-state index is 14.1. The monoisotopic (exact) mass is 565 g/mol. The predicted octanol–water partition coefficient (Wildman–Crippen LogP) is 3.52. The summed E-state index contributed by atoms with van der Waals surface area (Å²) in [6, 6.07) is 11.4. The molecule has 3 aromatic heterocycles. The van der Waals surface area contributed by atoms with Crippen LogP contribution in [0.5, 0.6) is 5.75 Å². The molecule has 1 atom stereocenters. The highest BCUT2D eigenvalue weighted by Crippen LogP contribution is 2.29. The first kappa shape index (κ1) is 29.5. The van der Waals surface area contributed by atoms with Gasteiger partial charge < -0.3 is 20.9 Å². The minimum absolute atomic E-state index is 0.0556. The van der Waals surface area contributed by atoms with Crippen molar-refractivity contribution in [1.82, 2.24) is 34.5 Å². The molecule has 41 heavy (non-hydrogen) atoms. The van der Waals surface area contributed by atoms with Gasteiger partial charge in [0, 0.05) is 35.3 Å². The zero-order valence-corrected chi connectivity index (χ0v) is 22.9. The number of hydrogen-bond acceptors (Lipinski definition) is 9. The standard InChI is InChI=1S/C15H21N3O.C13H12F2N6O/c1-11(5-3-7-16)18-14-10-13(19-2)9-12-6-4-8-17-15(12)14;14-10-1-2-11(12(15)3-10)13(22,4-20-8-16-6-18-20)5-21-9-17-7-19-21/h4,6,8-11,18H,3,5,7,16H2,1-2H3;1-3,6-9,22H,4-5H2. The van der Waals surface area contributed by atoms with Crippen LogP contribution in [0.25, 0.3) is 10.9 Å². The van der Waals surface area contributed by atoms with Gasteiger partial charge in [-0.05, 0) is 44.5 Å². The average Bonchev–Trinajstić information content (AvgIpc) is 3.66. The summed E-state index contributed by atoms with van der Waals surface area (Å²) < 4.78 is 35.3. The summed E-state index contributed by atoms with van der Waals surface area (Å²) in [6.07, 6.45) is 9.27. The van der Waals surface area contributed by atoms with Crippen molar-refractivity contribution < 1.29 is 18.6 Å². The SMILES string of the molecule is COc1cc(NC(C)CCCN)c2ncccc2c1.OC(Cn1cncn1)(Cn1cncn1)c1ccc(F)cc1F. The zero-order valence-electron chi connectivity index (χ0n) is 22.9. The van der Waals surface area contributed by atoms with Gasteiger partial charge in [0.05, 0.1) is 31.4 Å². The summed E-state index contributed by atoms with van der Waals surface area (Å²) >= 11 is 0. The fourth-order valence-electron chi connectivity index (χ4n) is 4.41. The van der Waals surface area contributed by atoms with E-state index in [4.69, 9.17) is 10.5 Å². The average molecular weight is 566 g/mol. The predicted molar refractivity (Wildman–Crippen MR) is 150 cm³/mol. The third kappa shape index (κ3) is 7.80.